The van der Waals surface area contributed by atoms with Gasteiger partial charge in [0.15, 0.2) is 11.5 Å². The Morgan fingerprint density at radius 1 is 1.24 bits per heavy atom. The summed E-state index contributed by atoms with van der Waals surface area (Å²) in [4.78, 5) is 14.3. The molecule has 1 amide bonds. The topological polar surface area (TPSA) is 68.6 Å². The van der Waals surface area contributed by atoms with Crippen LogP contribution in [0.1, 0.15) is 11.1 Å². The normalized spacial score (nSPS) is 13.4. The van der Waals surface area contributed by atoms with Crippen molar-refractivity contribution in [2.75, 3.05) is 33.9 Å². The second kappa shape index (κ2) is 8.02. The fraction of sp³-hybridized carbons (Fsp3) is 0.444. The zero-order valence-electron chi connectivity index (χ0n) is 14.7. The summed E-state index contributed by atoms with van der Waals surface area (Å²) in [5.41, 5.74) is 2.34. The van der Waals surface area contributed by atoms with Crippen LogP contribution in [-0.4, -0.2) is 54.4 Å². The van der Waals surface area contributed by atoms with Crippen molar-refractivity contribution in [1.82, 2.24) is 20.0 Å². The van der Waals surface area contributed by atoms with Gasteiger partial charge in [0, 0.05) is 32.0 Å². The van der Waals surface area contributed by atoms with Crippen LogP contribution in [0, 0.1) is 0 Å². The fourth-order valence-corrected chi connectivity index (χ4v) is 3.03. The summed E-state index contributed by atoms with van der Waals surface area (Å²) in [5, 5.41) is 7.33. The van der Waals surface area contributed by atoms with Crippen LogP contribution in [0.5, 0.6) is 11.5 Å². The van der Waals surface area contributed by atoms with Crippen LogP contribution in [0.4, 0.5) is 0 Å². The second-order valence-corrected chi connectivity index (χ2v) is 5.99. The number of aromatic nitrogens is 2. The Bertz CT molecular complexity index is 715. The van der Waals surface area contributed by atoms with Crippen molar-refractivity contribution >= 4 is 5.91 Å². The molecule has 25 heavy (non-hydrogen) atoms. The molecule has 1 aliphatic rings. The summed E-state index contributed by atoms with van der Waals surface area (Å²) >= 11 is 0. The molecule has 0 atom stereocenters. The lowest BCUT2D eigenvalue weighted by molar-refractivity contribution is -0.131. The number of amides is 1. The Balaban J connectivity index is 1.53. The standard InChI is InChI=1S/C18H24N4O3/c1-24-16-10-14-4-8-21(13-15(14)11-17(16)25-2)18(23)12-19-6-9-22-7-3-5-20-22/h3,5,7,10-11,19H,4,6,8-9,12-13H2,1-2H3. The minimum absolute atomic E-state index is 0.112. The van der Waals surface area contributed by atoms with Crippen LogP contribution >= 0.6 is 0 Å². The molecule has 2 heterocycles. The molecule has 1 N–H and O–H groups in total. The molecule has 7 nitrogen and oxygen atoms in total. The molecular weight excluding hydrogens is 320 g/mol. The Labute approximate surface area is 147 Å². The summed E-state index contributed by atoms with van der Waals surface area (Å²) in [6, 6.07) is 5.87. The highest BCUT2D eigenvalue weighted by atomic mass is 16.5. The summed E-state index contributed by atoms with van der Waals surface area (Å²) < 4.78 is 12.6. The van der Waals surface area contributed by atoms with E-state index in [9.17, 15) is 4.79 Å². The number of hydrogen-bond acceptors (Lipinski definition) is 5. The van der Waals surface area contributed by atoms with E-state index in [1.165, 1.54) is 5.56 Å². The van der Waals surface area contributed by atoms with Gasteiger partial charge in [-0.3, -0.25) is 9.48 Å². The van der Waals surface area contributed by atoms with E-state index in [1.54, 1.807) is 20.4 Å². The molecule has 2 aromatic rings. The zero-order chi connectivity index (χ0) is 17.6. The van der Waals surface area contributed by atoms with E-state index in [1.807, 2.05) is 34.0 Å². The SMILES string of the molecule is COc1cc2c(cc1OC)CN(C(=O)CNCCn1cccn1)CC2. The number of nitrogens with zero attached hydrogens (tertiary/aromatic N) is 3. The number of hydrogen-bond donors (Lipinski definition) is 1. The molecule has 0 saturated heterocycles. The van der Waals surface area contributed by atoms with E-state index < -0.39 is 0 Å². The lowest BCUT2D eigenvalue weighted by atomic mass is 9.98. The number of benzene rings is 1. The number of carbonyl (C=O) groups excluding carboxylic acids is 1. The Hall–Kier alpha value is -2.54. The monoisotopic (exact) mass is 344 g/mol. The van der Waals surface area contributed by atoms with E-state index in [-0.39, 0.29) is 5.91 Å². The van der Waals surface area contributed by atoms with Crippen LogP contribution < -0.4 is 14.8 Å². The molecule has 3 rings (SSSR count). The molecule has 1 aliphatic heterocycles. The summed E-state index contributed by atoms with van der Waals surface area (Å²) in [7, 11) is 3.26. The number of carbonyl (C=O) groups is 1. The first-order valence-electron chi connectivity index (χ1n) is 8.41. The average molecular weight is 344 g/mol. The van der Waals surface area contributed by atoms with Crippen molar-refractivity contribution < 1.29 is 14.3 Å². The Morgan fingerprint density at radius 2 is 2.00 bits per heavy atom. The van der Waals surface area contributed by atoms with Crippen molar-refractivity contribution in [3.8, 4) is 11.5 Å². The predicted octanol–water partition coefficient (Wildman–Crippen LogP) is 1.07. The highest BCUT2D eigenvalue weighted by molar-refractivity contribution is 5.78. The molecule has 7 heteroatoms. The van der Waals surface area contributed by atoms with Gasteiger partial charge in [0.1, 0.15) is 0 Å². The van der Waals surface area contributed by atoms with Crippen molar-refractivity contribution in [1.29, 1.82) is 0 Å². The lowest BCUT2D eigenvalue weighted by Crippen LogP contribution is -2.41. The van der Waals surface area contributed by atoms with Gasteiger partial charge in [0.2, 0.25) is 5.91 Å². The highest BCUT2D eigenvalue weighted by Gasteiger charge is 2.22. The molecule has 0 unspecified atom stereocenters. The van der Waals surface area contributed by atoms with Crippen LogP contribution in [0.25, 0.3) is 0 Å². The summed E-state index contributed by atoms with van der Waals surface area (Å²) in [6.07, 6.45) is 4.49. The molecular formula is C18H24N4O3. The number of nitrogens with one attached hydrogen (secondary N) is 1. The molecule has 1 aromatic heterocycles. The van der Waals surface area contributed by atoms with Gasteiger partial charge in [-0.15, -0.1) is 0 Å². The number of rotatable bonds is 7. The number of ether oxygens (including phenoxy) is 2. The third kappa shape index (κ3) is 4.11. The van der Waals surface area contributed by atoms with Gasteiger partial charge >= 0.3 is 0 Å². The molecule has 134 valence electrons. The second-order valence-electron chi connectivity index (χ2n) is 5.99. The van der Waals surface area contributed by atoms with E-state index in [4.69, 9.17) is 9.47 Å². The molecule has 0 spiro atoms. The molecule has 0 fully saturated rings. The fourth-order valence-electron chi connectivity index (χ4n) is 3.03. The first kappa shape index (κ1) is 17.3. The zero-order valence-corrected chi connectivity index (χ0v) is 14.7. The largest absolute Gasteiger partial charge is 0.493 e. The smallest absolute Gasteiger partial charge is 0.236 e. The molecule has 0 saturated carbocycles. The van der Waals surface area contributed by atoms with Crippen LogP contribution in [0.2, 0.25) is 0 Å². The quantitative estimate of drug-likeness (QED) is 0.761. The first-order chi connectivity index (χ1) is 12.2. The van der Waals surface area contributed by atoms with Gasteiger partial charge < -0.3 is 19.7 Å². The van der Waals surface area contributed by atoms with E-state index in [2.05, 4.69) is 10.4 Å². The van der Waals surface area contributed by atoms with Crippen LogP contribution in [0.15, 0.2) is 30.6 Å². The summed E-state index contributed by atoms with van der Waals surface area (Å²) in [5.74, 6) is 1.55. The van der Waals surface area contributed by atoms with Gasteiger partial charge in [-0.1, -0.05) is 0 Å². The first-order valence-corrected chi connectivity index (χ1v) is 8.41. The van der Waals surface area contributed by atoms with E-state index in [0.717, 1.165) is 30.8 Å². The molecule has 0 radical (unpaired) electrons. The van der Waals surface area contributed by atoms with Gasteiger partial charge in [-0.2, -0.15) is 5.10 Å². The highest BCUT2D eigenvalue weighted by Crippen LogP contribution is 2.33. The van der Waals surface area contributed by atoms with Crippen LogP contribution in [-0.2, 0) is 24.3 Å². The molecule has 0 aliphatic carbocycles. The predicted molar refractivity (Wildman–Crippen MR) is 93.8 cm³/mol. The number of fused-ring (bicyclic) bond motifs is 1. The average Bonchev–Trinajstić information content (AvgIpc) is 3.16. The van der Waals surface area contributed by atoms with E-state index in [0.29, 0.717) is 25.4 Å². The third-order valence-electron chi connectivity index (χ3n) is 4.42. The van der Waals surface area contributed by atoms with E-state index >= 15 is 0 Å². The maximum absolute atomic E-state index is 12.4. The van der Waals surface area contributed by atoms with Gasteiger partial charge in [0.25, 0.3) is 0 Å². The van der Waals surface area contributed by atoms with Gasteiger partial charge in [-0.05, 0) is 35.7 Å². The third-order valence-corrected chi connectivity index (χ3v) is 4.42. The van der Waals surface area contributed by atoms with Crippen molar-refractivity contribution in [3.63, 3.8) is 0 Å². The minimum Gasteiger partial charge on any atom is -0.493 e. The van der Waals surface area contributed by atoms with Gasteiger partial charge in [-0.25, -0.2) is 0 Å². The van der Waals surface area contributed by atoms with Crippen molar-refractivity contribution in [3.05, 3.63) is 41.7 Å². The van der Waals surface area contributed by atoms with Crippen molar-refractivity contribution in [2.24, 2.45) is 0 Å². The van der Waals surface area contributed by atoms with Crippen LogP contribution in [0.3, 0.4) is 0 Å². The Kier molecular flexibility index (Phi) is 5.55. The lowest BCUT2D eigenvalue weighted by Gasteiger charge is -2.29. The van der Waals surface area contributed by atoms with Gasteiger partial charge in [0.05, 0.1) is 27.3 Å². The molecule has 0 bridgehead atoms. The molecule has 1 aromatic carbocycles. The Morgan fingerprint density at radius 3 is 2.68 bits per heavy atom. The summed E-state index contributed by atoms with van der Waals surface area (Å²) in [6.45, 7) is 3.13. The van der Waals surface area contributed by atoms with Crippen molar-refractivity contribution in [2.45, 2.75) is 19.5 Å². The minimum atomic E-state index is 0.112. The number of methoxy groups -OCH3 is 2. The maximum atomic E-state index is 12.4. The maximum Gasteiger partial charge on any atom is 0.236 e.